The zero-order chi connectivity index (χ0) is 20.8. The number of thioether (sulfide) groups is 1. The van der Waals surface area contributed by atoms with Crippen LogP contribution in [0.3, 0.4) is 0 Å². The van der Waals surface area contributed by atoms with E-state index in [1.165, 1.54) is 17.2 Å². The second-order valence-electron chi connectivity index (χ2n) is 7.03. The van der Waals surface area contributed by atoms with Crippen molar-refractivity contribution in [2.24, 2.45) is 0 Å². The van der Waals surface area contributed by atoms with E-state index in [9.17, 15) is 9.90 Å². The second-order valence-corrected chi connectivity index (χ2v) is 8.22. The van der Waals surface area contributed by atoms with Crippen LogP contribution in [0, 0.1) is 0 Å². The van der Waals surface area contributed by atoms with Gasteiger partial charge in [0.15, 0.2) is 0 Å². The first-order valence-corrected chi connectivity index (χ1v) is 10.9. The van der Waals surface area contributed by atoms with Gasteiger partial charge in [0.05, 0.1) is 5.56 Å². The van der Waals surface area contributed by atoms with Crippen molar-refractivity contribution in [3.05, 3.63) is 124 Å². The van der Waals surface area contributed by atoms with Crippen LogP contribution in [-0.4, -0.2) is 5.11 Å². The van der Waals surface area contributed by atoms with Gasteiger partial charge in [0.25, 0.3) is 0 Å². The summed E-state index contributed by atoms with van der Waals surface area (Å²) in [6.07, 6.45) is 0.837. The van der Waals surface area contributed by atoms with Crippen molar-refractivity contribution in [3.8, 4) is 17.1 Å². The van der Waals surface area contributed by atoms with Crippen LogP contribution in [0.5, 0.6) is 5.75 Å². The van der Waals surface area contributed by atoms with Crippen LogP contribution in [-0.2, 0) is 12.2 Å². The monoisotopic (exact) mass is 414 g/mol. The molecule has 1 atom stereocenters. The molecule has 4 rings (SSSR count). The lowest BCUT2D eigenvalue weighted by Gasteiger charge is -2.17. The van der Waals surface area contributed by atoms with Gasteiger partial charge < -0.3 is 9.52 Å². The molecule has 30 heavy (non-hydrogen) atoms. The summed E-state index contributed by atoms with van der Waals surface area (Å²) in [5.74, 6) is 0.718. The minimum Gasteiger partial charge on any atom is -0.507 e. The Hall–Kier alpha value is -3.24. The minimum absolute atomic E-state index is 0.0240. The maximum absolute atomic E-state index is 12.6. The molecule has 1 unspecified atom stereocenters. The van der Waals surface area contributed by atoms with E-state index in [1.807, 2.05) is 66.7 Å². The molecular weight excluding hydrogens is 392 g/mol. The van der Waals surface area contributed by atoms with Crippen LogP contribution in [0.2, 0.25) is 0 Å². The van der Waals surface area contributed by atoms with Gasteiger partial charge in [-0.05, 0) is 17.5 Å². The molecule has 0 fully saturated rings. The van der Waals surface area contributed by atoms with E-state index < -0.39 is 5.63 Å². The van der Waals surface area contributed by atoms with Crippen LogP contribution in [0.4, 0.5) is 0 Å². The first-order chi connectivity index (χ1) is 14.7. The SMILES string of the molecule is O=c1oc(-c2ccccc2)cc(O)c1CSC(Cc1ccccc1)c1ccccc1. The third kappa shape index (κ3) is 4.84. The van der Waals surface area contributed by atoms with E-state index in [1.54, 1.807) is 11.8 Å². The highest BCUT2D eigenvalue weighted by molar-refractivity contribution is 7.98. The average Bonchev–Trinajstić information content (AvgIpc) is 2.79. The lowest BCUT2D eigenvalue weighted by atomic mass is 10.0. The maximum atomic E-state index is 12.6. The molecule has 0 aliphatic heterocycles. The Morgan fingerprint density at radius 3 is 2.07 bits per heavy atom. The van der Waals surface area contributed by atoms with E-state index >= 15 is 0 Å². The highest BCUT2D eigenvalue weighted by Crippen LogP contribution is 2.36. The Morgan fingerprint density at radius 1 is 0.833 bits per heavy atom. The van der Waals surface area contributed by atoms with Crippen molar-refractivity contribution >= 4 is 11.8 Å². The molecule has 4 aromatic rings. The van der Waals surface area contributed by atoms with Gasteiger partial charge >= 0.3 is 5.63 Å². The zero-order valence-corrected chi connectivity index (χ0v) is 17.2. The highest BCUT2D eigenvalue weighted by atomic mass is 32.2. The quantitative estimate of drug-likeness (QED) is 0.389. The van der Waals surface area contributed by atoms with Crippen molar-refractivity contribution < 1.29 is 9.52 Å². The van der Waals surface area contributed by atoms with Gasteiger partial charge in [-0.3, -0.25) is 0 Å². The summed E-state index contributed by atoms with van der Waals surface area (Å²) in [4.78, 5) is 12.6. The molecule has 1 N–H and O–H groups in total. The lowest BCUT2D eigenvalue weighted by molar-refractivity contribution is 0.444. The molecule has 3 nitrogen and oxygen atoms in total. The molecule has 3 aromatic carbocycles. The van der Waals surface area contributed by atoms with Gasteiger partial charge in [0.1, 0.15) is 11.5 Å². The smallest absolute Gasteiger partial charge is 0.344 e. The molecular formula is C26H22O3S. The van der Waals surface area contributed by atoms with E-state index in [2.05, 4.69) is 24.3 Å². The third-order valence-corrected chi connectivity index (χ3v) is 6.25. The molecule has 0 radical (unpaired) electrons. The number of aromatic hydroxyl groups is 1. The predicted molar refractivity (Wildman–Crippen MR) is 123 cm³/mol. The van der Waals surface area contributed by atoms with Crippen LogP contribution in [0.25, 0.3) is 11.3 Å². The minimum atomic E-state index is -0.493. The molecule has 1 heterocycles. The Bertz CT molecular complexity index is 1140. The number of hydrogen-bond donors (Lipinski definition) is 1. The fraction of sp³-hybridized carbons (Fsp3) is 0.115. The standard InChI is InChI=1S/C26H22O3S/c27-23-17-24(20-12-6-2-7-13-20)29-26(28)22(23)18-30-25(21-14-8-3-9-15-21)16-19-10-4-1-5-11-19/h1-15,17,25,27H,16,18H2. The summed E-state index contributed by atoms with van der Waals surface area (Å²) in [7, 11) is 0. The van der Waals surface area contributed by atoms with E-state index in [0.717, 1.165) is 12.0 Å². The van der Waals surface area contributed by atoms with E-state index in [4.69, 9.17) is 4.42 Å². The lowest BCUT2D eigenvalue weighted by Crippen LogP contribution is -2.08. The molecule has 0 amide bonds. The van der Waals surface area contributed by atoms with Crippen molar-refractivity contribution in [2.75, 3.05) is 0 Å². The molecule has 0 aliphatic carbocycles. The molecule has 0 saturated heterocycles. The van der Waals surface area contributed by atoms with Gasteiger partial charge in [0, 0.05) is 22.6 Å². The van der Waals surface area contributed by atoms with Crippen LogP contribution >= 0.6 is 11.8 Å². The van der Waals surface area contributed by atoms with Crippen molar-refractivity contribution in [2.45, 2.75) is 17.4 Å². The number of hydrogen-bond acceptors (Lipinski definition) is 4. The fourth-order valence-electron chi connectivity index (χ4n) is 3.34. The molecule has 1 aromatic heterocycles. The molecule has 0 aliphatic rings. The molecule has 0 bridgehead atoms. The summed E-state index contributed by atoms with van der Waals surface area (Å²) in [5, 5.41) is 10.7. The van der Waals surface area contributed by atoms with Gasteiger partial charge in [-0.25, -0.2) is 4.79 Å². The first-order valence-electron chi connectivity index (χ1n) is 9.82. The predicted octanol–water partition coefficient (Wildman–Crippen LogP) is 6.23. The summed E-state index contributed by atoms with van der Waals surface area (Å²) in [6, 6.07) is 31.4. The summed E-state index contributed by atoms with van der Waals surface area (Å²) < 4.78 is 5.50. The van der Waals surface area contributed by atoms with Gasteiger partial charge in [0.2, 0.25) is 0 Å². The summed E-state index contributed by atoms with van der Waals surface area (Å²) >= 11 is 1.63. The normalized spacial score (nSPS) is 11.9. The number of benzene rings is 3. The third-order valence-electron chi connectivity index (χ3n) is 4.95. The van der Waals surface area contributed by atoms with E-state index in [0.29, 0.717) is 17.1 Å². The number of rotatable bonds is 7. The Kier molecular flexibility index (Phi) is 6.35. The Labute approximate surface area is 180 Å². The van der Waals surface area contributed by atoms with E-state index in [-0.39, 0.29) is 11.0 Å². The Balaban J connectivity index is 1.57. The highest BCUT2D eigenvalue weighted by Gasteiger charge is 2.18. The van der Waals surface area contributed by atoms with Gasteiger partial charge in [-0.1, -0.05) is 91.0 Å². The van der Waals surface area contributed by atoms with Crippen molar-refractivity contribution in [1.82, 2.24) is 0 Å². The first kappa shape index (κ1) is 20.0. The molecule has 0 saturated carbocycles. The van der Waals surface area contributed by atoms with Gasteiger partial charge in [-0.2, -0.15) is 0 Å². The molecule has 0 spiro atoms. The maximum Gasteiger partial charge on any atom is 0.344 e. The van der Waals surface area contributed by atoms with Crippen molar-refractivity contribution in [1.29, 1.82) is 0 Å². The van der Waals surface area contributed by atoms with Crippen LogP contribution in [0.15, 0.2) is 106 Å². The largest absolute Gasteiger partial charge is 0.507 e. The van der Waals surface area contributed by atoms with Crippen LogP contribution < -0.4 is 5.63 Å². The molecule has 4 heteroatoms. The topological polar surface area (TPSA) is 50.4 Å². The van der Waals surface area contributed by atoms with Gasteiger partial charge in [-0.15, -0.1) is 11.8 Å². The summed E-state index contributed by atoms with van der Waals surface area (Å²) in [6.45, 7) is 0. The van der Waals surface area contributed by atoms with Crippen molar-refractivity contribution in [3.63, 3.8) is 0 Å². The summed E-state index contributed by atoms with van der Waals surface area (Å²) in [5.41, 5.74) is 2.99. The average molecular weight is 415 g/mol. The fourth-order valence-corrected chi connectivity index (χ4v) is 4.63. The Morgan fingerprint density at radius 2 is 1.43 bits per heavy atom. The van der Waals surface area contributed by atoms with Crippen LogP contribution in [0.1, 0.15) is 21.9 Å². The second kappa shape index (κ2) is 9.51. The zero-order valence-electron chi connectivity index (χ0n) is 16.4. The molecule has 150 valence electrons.